The van der Waals surface area contributed by atoms with Gasteiger partial charge in [-0.1, -0.05) is 23.7 Å². The topological polar surface area (TPSA) is 78.4 Å². The molecule has 1 aliphatic heterocycles. The standard InChI is InChI=1S/C18H13ClF4N2O3/c19-11-5-1-10(2-6-11)15(26)13-14(9-3-7-12(20)8-4-9)24-16(27)25-17(13,28)18(21,22)23/h1-8,13-14,28H,(H2,24,25,27)/t13-,14+,17+/m0/s1. The van der Waals surface area contributed by atoms with Crippen LogP contribution in [0.15, 0.2) is 48.5 Å². The predicted molar refractivity (Wildman–Crippen MR) is 91.1 cm³/mol. The number of carbonyl (C=O) groups excluding carboxylic acids is 2. The molecule has 5 nitrogen and oxygen atoms in total. The monoisotopic (exact) mass is 416 g/mol. The smallest absolute Gasteiger partial charge is 0.363 e. The summed E-state index contributed by atoms with van der Waals surface area (Å²) >= 11 is 5.74. The third kappa shape index (κ3) is 3.55. The number of ketones is 1. The highest BCUT2D eigenvalue weighted by molar-refractivity contribution is 6.30. The quantitative estimate of drug-likeness (QED) is 0.528. The molecule has 0 aromatic heterocycles. The van der Waals surface area contributed by atoms with Crippen molar-refractivity contribution in [2.75, 3.05) is 0 Å². The van der Waals surface area contributed by atoms with E-state index in [4.69, 9.17) is 11.6 Å². The molecule has 2 amide bonds. The maximum atomic E-state index is 13.7. The van der Waals surface area contributed by atoms with E-state index in [1.54, 1.807) is 0 Å². The molecule has 0 radical (unpaired) electrons. The Hall–Kier alpha value is -2.65. The van der Waals surface area contributed by atoms with Gasteiger partial charge < -0.3 is 15.7 Å². The first-order valence-electron chi connectivity index (χ1n) is 7.96. The molecule has 1 aliphatic rings. The Morgan fingerprint density at radius 2 is 1.64 bits per heavy atom. The molecule has 1 fully saturated rings. The zero-order valence-corrected chi connectivity index (χ0v) is 14.7. The van der Waals surface area contributed by atoms with Gasteiger partial charge in [0.05, 0.1) is 6.04 Å². The molecule has 1 heterocycles. The van der Waals surface area contributed by atoms with E-state index in [1.165, 1.54) is 29.6 Å². The number of carbonyl (C=O) groups is 2. The summed E-state index contributed by atoms with van der Waals surface area (Å²) in [4.78, 5) is 24.8. The van der Waals surface area contributed by atoms with Gasteiger partial charge in [0.15, 0.2) is 5.78 Å². The Kier molecular flexibility index (Phi) is 5.07. The van der Waals surface area contributed by atoms with E-state index in [-0.39, 0.29) is 16.1 Å². The lowest BCUT2D eigenvalue weighted by Gasteiger charge is -2.45. The maximum Gasteiger partial charge on any atom is 0.437 e. The van der Waals surface area contributed by atoms with Crippen LogP contribution in [0.25, 0.3) is 0 Å². The highest BCUT2D eigenvalue weighted by atomic mass is 35.5. The molecule has 0 unspecified atom stereocenters. The lowest BCUT2D eigenvalue weighted by atomic mass is 9.77. The van der Waals surface area contributed by atoms with Crippen LogP contribution in [0, 0.1) is 11.7 Å². The zero-order valence-electron chi connectivity index (χ0n) is 13.9. The van der Waals surface area contributed by atoms with Crippen molar-refractivity contribution in [1.29, 1.82) is 0 Å². The van der Waals surface area contributed by atoms with Crippen LogP contribution < -0.4 is 10.6 Å². The molecule has 1 saturated heterocycles. The number of nitrogens with one attached hydrogen (secondary N) is 2. The maximum absolute atomic E-state index is 13.7. The van der Waals surface area contributed by atoms with Crippen molar-refractivity contribution in [3.8, 4) is 0 Å². The first-order chi connectivity index (χ1) is 13.0. The van der Waals surface area contributed by atoms with Crippen LogP contribution in [-0.2, 0) is 0 Å². The first-order valence-corrected chi connectivity index (χ1v) is 8.34. The molecule has 3 rings (SSSR count). The van der Waals surface area contributed by atoms with Gasteiger partial charge in [0.1, 0.15) is 11.7 Å². The van der Waals surface area contributed by atoms with Crippen LogP contribution in [0.3, 0.4) is 0 Å². The summed E-state index contributed by atoms with van der Waals surface area (Å²) in [6, 6.07) is 6.35. The lowest BCUT2D eigenvalue weighted by molar-refractivity contribution is -0.287. The largest absolute Gasteiger partial charge is 0.437 e. The Labute approximate surface area is 161 Å². The number of hydrogen-bond donors (Lipinski definition) is 3. The molecule has 3 N–H and O–H groups in total. The number of aliphatic hydroxyl groups is 1. The highest BCUT2D eigenvalue weighted by Gasteiger charge is 2.66. The molecule has 28 heavy (non-hydrogen) atoms. The average molecular weight is 417 g/mol. The van der Waals surface area contributed by atoms with Crippen LogP contribution in [0.2, 0.25) is 5.02 Å². The Bertz CT molecular complexity index is 903. The molecule has 0 aliphatic carbocycles. The van der Waals surface area contributed by atoms with Crippen LogP contribution in [0.1, 0.15) is 22.0 Å². The number of urea groups is 1. The molecule has 10 heteroatoms. The second kappa shape index (κ2) is 7.06. The van der Waals surface area contributed by atoms with Crippen LogP contribution in [0.4, 0.5) is 22.4 Å². The van der Waals surface area contributed by atoms with Gasteiger partial charge >= 0.3 is 12.2 Å². The van der Waals surface area contributed by atoms with Crippen molar-refractivity contribution in [2.45, 2.75) is 17.9 Å². The predicted octanol–water partition coefficient (Wildman–Crippen LogP) is 3.58. The van der Waals surface area contributed by atoms with Gasteiger partial charge in [-0.15, -0.1) is 0 Å². The fourth-order valence-corrected chi connectivity index (χ4v) is 3.21. The number of halogens is 5. The molecule has 0 bridgehead atoms. The summed E-state index contributed by atoms with van der Waals surface area (Å²) in [5, 5.41) is 14.3. The van der Waals surface area contributed by atoms with Gasteiger partial charge in [-0.3, -0.25) is 4.79 Å². The number of Topliss-reactive ketones (excluding diaryl/α,β-unsaturated/α-hetero) is 1. The molecular weight excluding hydrogens is 404 g/mol. The van der Waals surface area contributed by atoms with Crippen molar-refractivity contribution >= 4 is 23.4 Å². The van der Waals surface area contributed by atoms with Gasteiger partial charge in [0.25, 0.3) is 0 Å². The fraction of sp³-hybridized carbons (Fsp3) is 0.222. The van der Waals surface area contributed by atoms with E-state index in [9.17, 15) is 32.3 Å². The van der Waals surface area contributed by atoms with Crippen LogP contribution in [0.5, 0.6) is 0 Å². The Balaban J connectivity index is 2.15. The number of amides is 2. The van der Waals surface area contributed by atoms with Crippen molar-refractivity contribution in [3.63, 3.8) is 0 Å². The van der Waals surface area contributed by atoms with E-state index in [2.05, 4.69) is 5.32 Å². The van der Waals surface area contributed by atoms with E-state index in [0.29, 0.717) is 0 Å². The third-order valence-electron chi connectivity index (χ3n) is 4.45. The van der Waals surface area contributed by atoms with Crippen molar-refractivity contribution in [3.05, 3.63) is 70.5 Å². The minimum Gasteiger partial charge on any atom is -0.363 e. The highest BCUT2D eigenvalue weighted by Crippen LogP contribution is 2.44. The Morgan fingerprint density at radius 3 is 2.18 bits per heavy atom. The molecule has 3 atom stereocenters. The first kappa shape index (κ1) is 20.1. The Morgan fingerprint density at radius 1 is 1.07 bits per heavy atom. The molecule has 2 aromatic carbocycles. The normalized spacial score (nSPS) is 25.0. The molecule has 148 valence electrons. The second-order valence-corrected chi connectivity index (χ2v) is 6.68. The van der Waals surface area contributed by atoms with Crippen molar-refractivity contribution in [1.82, 2.24) is 10.6 Å². The summed E-state index contributed by atoms with van der Waals surface area (Å²) in [7, 11) is 0. The SMILES string of the molecule is O=C1N[C@H](c2ccc(F)cc2)[C@@H](C(=O)c2ccc(Cl)cc2)[C@@](O)(C(F)(F)F)N1. The number of alkyl halides is 3. The number of benzene rings is 2. The van der Waals surface area contributed by atoms with E-state index >= 15 is 0 Å². The summed E-state index contributed by atoms with van der Waals surface area (Å²) in [5.74, 6) is -3.93. The van der Waals surface area contributed by atoms with Crippen LogP contribution in [-0.4, -0.2) is 28.8 Å². The summed E-state index contributed by atoms with van der Waals surface area (Å²) < 4.78 is 54.4. The molecule has 0 spiro atoms. The molecular formula is C18H13ClF4N2O3. The minimum atomic E-state index is -5.37. The van der Waals surface area contributed by atoms with Gasteiger partial charge in [0, 0.05) is 10.6 Å². The molecule has 2 aromatic rings. The van der Waals surface area contributed by atoms with E-state index in [1.807, 2.05) is 0 Å². The van der Waals surface area contributed by atoms with Gasteiger partial charge in [-0.2, -0.15) is 13.2 Å². The van der Waals surface area contributed by atoms with Crippen LogP contribution >= 0.6 is 11.6 Å². The van der Waals surface area contributed by atoms with Gasteiger partial charge in [0.2, 0.25) is 5.72 Å². The summed E-state index contributed by atoms with van der Waals surface area (Å²) in [6.07, 6.45) is -5.37. The summed E-state index contributed by atoms with van der Waals surface area (Å²) in [5.41, 5.74) is -3.97. The third-order valence-corrected chi connectivity index (χ3v) is 4.70. The van der Waals surface area contributed by atoms with Crippen molar-refractivity contribution in [2.24, 2.45) is 5.92 Å². The second-order valence-electron chi connectivity index (χ2n) is 6.24. The van der Waals surface area contributed by atoms with E-state index < -0.39 is 41.5 Å². The average Bonchev–Trinajstić information content (AvgIpc) is 2.61. The fourth-order valence-electron chi connectivity index (χ4n) is 3.08. The number of hydrogen-bond acceptors (Lipinski definition) is 3. The van der Waals surface area contributed by atoms with E-state index in [0.717, 1.165) is 24.3 Å². The summed E-state index contributed by atoms with van der Waals surface area (Å²) in [6.45, 7) is 0. The molecule has 0 saturated carbocycles. The van der Waals surface area contributed by atoms with Gasteiger partial charge in [-0.05, 0) is 42.0 Å². The zero-order chi connectivity index (χ0) is 20.7. The van der Waals surface area contributed by atoms with Gasteiger partial charge in [-0.25, -0.2) is 9.18 Å². The minimum absolute atomic E-state index is 0.0197. The number of rotatable bonds is 3. The lowest BCUT2D eigenvalue weighted by Crippen LogP contribution is -2.72. The van der Waals surface area contributed by atoms with Crippen molar-refractivity contribution < 1.29 is 32.3 Å².